The molecule has 122 valence electrons. The summed E-state index contributed by atoms with van der Waals surface area (Å²) in [7, 11) is 0. The van der Waals surface area contributed by atoms with Crippen molar-refractivity contribution in [2.45, 2.75) is 13.8 Å². The molecule has 1 heterocycles. The molecule has 1 aliphatic heterocycles. The van der Waals surface area contributed by atoms with Crippen LogP contribution in [-0.4, -0.2) is 22.7 Å². The first-order valence-electron chi connectivity index (χ1n) is 7.63. The van der Waals surface area contributed by atoms with E-state index in [4.69, 9.17) is 4.74 Å². The fourth-order valence-electron chi connectivity index (χ4n) is 2.30. The summed E-state index contributed by atoms with van der Waals surface area (Å²) < 4.78 is 5.37. The molecular formula is C19H17NO3S. The van der Waals surface area contributed by atoms with Gasteiger partial charge in [0.25, 0.3) is 5.91 Å². The number of carbonyl (C=O) groups excluding carboxylic acids is 1. The number of benzene rings is 2. The van der Waals surface area contributed by atoms with E-state index in [-0.39, 0.29) is 11.7 Å². The smallest absolute Gasteiger partial charge is 0.284 e. The number of aliphatic imine (C=N–C) groups is 1. The van der Waals surface area contributed by atoms with E-state index in [2.05, 4.69) is 4.99 Å². The van der Waals surface area contributed by atoms with Crippen LogP contribution in [0.5, 0.6) is 11.5 Å². The SMILES string of the molecule is CCOc1cccc(/C=C2/SC(c3ccc(C)cc3)=NC2=O)c1O. The minimum Gasteiger partial charge on any atom is -0.504 e. The highest BCUT2D eigenvalue weighted by atomic mass is 32.2. The Hall–Kier alpha value is -2.53. The highest BCUT2D eigenvalue weighted by molar-refractivity contribution is 8.19. The molecule has 0 saturated heterocycles. The predicted octanol–water partition coefficient (Wildman–Crippen LogP) is 4.16. The number of hydrogen-bond acceptors (Lipinski definition) is 4. The van der Waals surface area contributed by atoms with Crippen LogP contribution in [0.3, 0.4) is 0 Å². The zero-order valence-electron chi connectivity index (χ0n) is 13.4. The first-order chi connectivity index (χ1) is 11.6. The van der Waals surface area contributed by atoms with Crippen molar-refractivity contribution >= 4 is 28.8 Å². The number of rotatable bonds is 4. The van der Waals surface area contributed by atoms with Crippen LogP contribution in [0.4, 0.5) is 0 Å². The molecule has 1 aliphatic rings. The third kappa shape index (κ3) is 3.36. The lowest BCUT2D eigenvalue weighted by atomic mass is 10.1. The molecule has 0 fully saturated rings. The first-order valence-corrected chi connectivity index (χ1v) is 8.44. The molecule has 1 amide bonds. The van der Waals surface area contributed by atoms with E-state index in [9.17, 15) is 9.90 Å². The van der Waals surface area contributed by atoms with Gasteiger partial charge in [-0.15, -0.1) is 0 Å². The molecular weight excluding hydrogens is 322 g/mol. The molecule has 0 unspecified atom stereocenters. The van der Waals surface area contributed by atoms with Gasteiger partial charge in [0.15, 0.2) is 11.5 Å². The van der Waals surface area contributed by atoms with Gasteiger partial charge in [0.2, 0.25) is 0 Å². The molecule has 24 heavy (non-hydrogen) atoms. The van der Waals surface area contributed by atoms with Crippen LogP contribution in [-0.2, 0) is 4.79 Å². The van der Waals surface area contributed by atoms with Crippen molar-refractivity contribution in [1.29, 1.82) is 0 Å². The molecule has 4 nitrogen and oxygen atoms in total. The second-order valence-electron chi connectivity index (χ2n) is 5.33. The van der Waals surface area contributed by atoms with Crippen molar-refractivity contribution in [2.75, 3.05) is 6.61 Å². The predicted molar refractivity (Wildman–Crippen MR) is 97.6 cm³/mol. The van der Waals surface area contributed by atoms with E-state index in [1.807, 2.05) is 38.1 Å². The van der Waals surface area contributed by atoms with Gasteiger partial charge in [0.05, 0.1) is 11.5 Å². The standard InChI is InChI=1S/C19H17NO3S/c1-3-23-15-6-4-5-14(17(15)21)11-16-18(22)20-19(24-16)13-9-7-12(2)8-10-13/h4-11,21H,3H2,1-2H3/b16-11+. The topological polar surface area (TPSA) is 58.9 Å². The Kier molecular flexibility index (Phi) is 4.71. The Balaban J connectivity index is 1.87. The largest absolute Gasteiger partial charge is 0.504 e. The van der Waals surface area contributed by atoms with Gasteiger partial charge in [0, 0.05) is 11.1 Å². The van der Waals surface area contributed by atoms with Crippen LogP contribution < -0.4 is 4.74 Å². The van der Waals surface area contributed by atoms with E-state index < -0.39 is 0 Å². The van der Waals surface area contributed by atoms with Gasteiger partial charge < -0.3 is 9.84 Å². The summed E-state index contributed by atoms with van der Waals surface area (Å²) in [5, 5.41) is 10.9. The molecule has 2 aromatic rings. The molecule has 0 bridgehead atoms. The molecule has 0 spiro atoms. The van der Waals surface area contributed by atoms with Crippen molar-refractivity contribution in [1.82, 2.24) is 0 Å². The summed E-state index contributed by atoms with van der Waals surface area (Å²) in [4.78, 5) is 16.8. The maximum absolute atomic E-state index is 12.2. The lowest BCUT2D eigenvalue weighted by Gasteiger charge is -2.07. The number of hydrogen-bond donors (Lipinski definition) is 1. The highest BCUT2D eigenvalue weighted by Gasteiger charge is 2.23. The van der Waals surface area contributed by atoms with Crippen molar-refractivity contribution < 1.29 is 14.6 Å². The Bertz CT molecular complexity index is 838. The number of phenols is 1. The van der Waals surface area contributed by atoms with Gasteiger partial charge in [0.1, 0.15) is 5.04 Å². The van der Waals surface area contributed by atoms with Gasteiger partial charge in [-0.1, -0.05) is 53.7 Å². The zero-order valence-corrected chi connectivity index (χ0v) is 14.3. The fourth-order valence-corrected chi connectivity index (χ4v) is 3.21. The van der Waals surface area contributed by atoms with Crippen molar-refractivity contribution in [2.24, 2.45) is 4.99 Å². The van der Waals surface area contributed by atoms with Gasteiger partial charge in [-0.3, -0.25) is 4.79 Å². The molecule has 1 N–H and O–H groups in total. The summed E-state index contributed by atoms with van der Waals surface area (Å²) >= 11 is 1.31. The van der Waals surface area contributed by atoms with Gasteiger partial charge >= 0.3 is 0 Å². The lowest BCUT2D eigenvalue weighted by Crippen LogP contribution is -1.93. The van der Waals surface area contributed by atoms with E-state index >= 15 is 0 Å². The minimum absolute atomic E-state index is 0.0315. The zero-order chi connectivity index (χ0) is 17.1. The Morgan fingerprint density at radius 1 is 1.21 bits per heavy atom. The van der Waals surface area contributed by atoms with Crippen molar-refractivity contribution in [3.8, 4) is 11.5 Å². The molecule has 0 aromatic heterocycles. The molecule has 2 aromatic carbocycles. The fraction of sp³-hybridized carbons (Fsp3) is 0.158. The first kappa shape index (κ1) is 16.3. The van der Waals surface area contributed by atoms with E-state index in [0.717, 1.165) is 11.1 Å². The number of aryl methyl sites for hydroxylation is 1. The summed E-state index contributed by atoms with van der Waals surface area (Å²) in [6.07, 6.45) is 1.65. The average molecular weight is 339 g/mol. The van der Waals surface area contributed by atoms with E-state index in [1.54, 1.807) is 24.3 Å². The van der Waals surface area contributed by atoms with Crippen LogP contribution in [0.15, 0.2) is 52.4 Å². The van der Waals surface area contributed by atoms with Crippen molar-refractivity contribution in [3.63, 3.8) is 0 Å². The molecule has 0 aliphatic carbocycles. The van der Waals surface area contributed by atoms with Gasteiger partial charge in [-0.25, -0.2) is 4.99 Å². The van der Waals surface area contributed by atoms with Gasteiger partial charge in [-0.05, 0) is 26.0 Å². The third-order valence-corrected chi connectivity index (χ3v) is 4.57. The quantitative estimate of drug-likeness (QED) is 0.850. The molecule has 5 heteroatoms. The normalized spacial score (nSPS) is 15.7. The van der Waals surface area contributed by atoms with E-state index in [1.165, 1.54) is 11.8 Å². The summed E-state index contributed by atoms with van der Waals surface area (Å²) in [6.45, 7) is 4.32. The molecule has 0 saturated carbocycles. The number of amides is 1. The second-order valence-corrected chi connectivity index (χ2v) is 6.36. The van der Waals surface area contributed by atoms with Crippen LogP contribution >= 0.6 is 11.8 Å². The van der Waals surface area contributed by atoms with E-state index in [0.29, 0.717) is 27.9 Å². The highest BCUT2D eigenvalue weighted by Crippen LogP contribution is 2.36. The minimum atomic E-state index is -0.295. The Morgan fingerprint density at radius 3 is 2.67 bits per heavy atom. The monoisotopic (exact) mass is 339 g/mol. The summed E-state index contributed by atoms with van der Waals surface area (Å²) in [5.41, 5.74) is 2.61. The molecule has 3 rings (SSSR count). The second kappa shape index (κ2) is 6.93. The lowest BCUT2D eigenvalue weighted by molar-refractivity contribution is -0.113. The average Bonchev–Trinajstić information content (AvgIpc) is 2.93. The number of para-hydroxylation sites is 1. The number of thioether (sulfide) groups is 1. The maximum Gasteiger partial charge on any atom is 0.284 e. The van der Waals surface area contributed by atoms with Crippen LogP contribution in [0.1, 0.15) is 23.6 Å². The number of nitrogens with zero attached hydrogens (tertiary/aromatic N) is 1. The van der Waals surface area contributed by atoms with Crippen LogP contribution in [0.2, 0.25) is 0 Å². The number of phenolic OH excluding ortho intramolecular Hbond substituents is 1. The maximum atomic E-state index is 12.2. The Labute approximate surface area is 144 Å². The van der Waals surface area contributed by atoms with Crippen LogP contribution in [0, 0.1) is 6.92 Å². The molecule has 0 atom stereocenters. The third-order valence-electron chi connectivity index (χ3n) is 3.54. The van der Waals surface area contributed by atoms with Crippen LogP contribution in [0.25, 0.3) is 6.08 Å². The molecule has 0 radical (unpaired) electrons. The number of carbonyl (C=O) groups is 1. The summed E-state index contributed by atoms with van der Waals surface area (Å²) in [5.74, 6) is 0.141. The van der Waals surface area contributed by atoms with Gasteiger partial charge in [-0.2, -0.15) is 0 Å². The number of aromatic hydroxyl groups is 1. The summed E-state index contributed by atoms with van der Waals surface area (Å²) in [6, 6.07) is 13.1. The van der Waals surface area contributed by atoms with Crippen molar-refractivity contribution in [3.05, 3.63) is 64.1 Å². The number of ether oxygens (including phenoxy) is 1. The Morgan fingerprint density at radius 2 is 1.96 bits per heavy atom.